The van der Waals surface area contributed by atoms with Gasteiger partial charge >= 0.3 is 12.1 Å². The van der Waals surface area contributed by atoms with Crippen molar-refractivity contribution in [3.8, 4) is 0 Å². The van der Waals surface area contributed by atoms with Crippen LogP contribution >= 0.6 is 0 Å². The number of carboxylic acid groups (broad SMARTS) is 1. The number of halogens is 3. The lowest BCUT2D eigenvalue weighted by Gasteiger charge is -2.32. The number of rotatable bonds is 4. The summed E-state index contributed by atoms with van der Waals surface area (Å²) in [5.41, 5.74) is -0.291. The normalized spacial score (nSPS) is 19.8. The van der Waals surface area contributed by atoms with Crippen molar-refractivity contribution in [3.63, 3.8) is 0 Å². The van der Waals surface area contributed by atoms with Crippen LogP contribution in [0.4, 0.5) is 13.2 Å². The maximum atomic E-state index is 12.7. The molecular weight excluding hydrogens is 323 g/mol. The summed E-state index contributed by atoms with van der Waals surface area (Å²) in [6.07, 6.45) is -3.05. The number of carboxylic acids is 1. The third-order valence-corrected chi connectivity index (χ3v) is 4.30. The molecule has 24 heavy (non-hydrogen) atoms. The Balaban J connectivity index is 2.02. The first-order valence-corrected chi connectivity index (χ1v) is 7.86. The van der Waals surface area contributed by atoms with Crippen LogP contribution in [0.1, 0.15) is 30.9 Å². The molecule has 0 bridgehead atoms. The molecule has 4 nitrogen and oxygen atoms in total. The van der Waals surface area contributed by atoms with Crippen LogP contribution in [-0.2, 0) is 22.2 Å². The van der Waals surface area contributed by atoms with Crippen molar-refractivity contribution < 1.29 is 27.9 Å². The molecule has 1 aliphatic rings. The Morgan fingerprint density at radius 2 is 2.08 bits per heavy atom. The molecule has 1 aromatic carbocycles. The monoisotopic (exact) mass is 343 g/mol. The number of carbonyl (C=O) groups is 2. The molecule has 0 unspecified atom stereocenters. The van der Waals surface area contributed by atoms with Gasteiger partial charge in [-0.2, -0.15) is 13.2 Å². The second-order valence-electron chi connectivity index (χ2n) is 6.26. The predicted octanol–water partition coefficient (Wildman–Crippen LogP) is 3.21. The summed E-state index contributed by atoms with van der Waals surface area (Å²) in [6.45, 7) is 2.32. The van der Waals surface area contributed by atoms with E-state index in [2.05, 4.69) is 0 Å². The molecule has 2 atom stereocenters. The van der Waals surface area contributed by atoms with Gasteiger partial charge in [-0.3, -0.25) is 9.59 Å². The lowest BCUT2D eigenvalue weighted by atomic mass is 9.94. The SMILES string of the molecule is C[C@H](Cc1cccc(C(F)(F)F)c1)C(=O)N1CCC[C@@H](C(=O)O)C1. The molecule has 0 aliphatic carbocycles. The molecule has 1 aromatic rings. The van der Waals surface area contributed by atoms with Crippen LogP contribution in [-0.4, -0.2) is 35.0 Å². The zero-order valence-electron chi connectivity index (χ0n) is 13.3. The Morgan fingerprint density at radius 3 is 2.71 bits per heavy atom. The molecule has 0 spiro atoms. The van der Waals surface area contributed by atoms with Crippen LogP contribution in [0.3, 0.4) is 0 Å². The number of carbonyl (C=O) groups excluding carboxylic acids is 1. The number of aliphatic carboxylic acids is 1. The smallest absolute Gasteiger partial charge is 0.416 e. The van der Waals surface area contributed by atoms with E-state index < -0.39 is 29.5 Å². The van der Waals surface area contributed by atoms with E-state index in [0.717, 1.165) is 12.1 Å². The number of piperidine rings is 1. The Labute approximate surface area is 138 Å². The first kappa shape index (κ1) is 18.3. The van der Waals surface area contributed by atoms with Crippen LogP contribution in [0.25, 0.3) is 0 Å². The third-order valence-electron chi connectivity index (χ3n) is 4.30. The van der Waals surface area contributed by atoms with Gasteiger partial charge in [0.05, 0.1) is 11.5 Å². The minimum atomic E-state index is -4.41. The average Bonchev–Trinajstić information content (AvgIpc) is 2.53. The number of likely N-dealkylation sites (tertiary alicyclic amines) is 1. The zero-order chi connectivity index (χ0) is 17.9. The predicted molar refractivity (Wildman–Crippen MR) is 81.3 cm³/mol. The van der Waals surface area contributed by atoms with E-state index in [1.165, 1.54) is 11.0 Å². The molecule has 132 valence electrons. The quantitative estimate of drug-likeness (QED) is 0.913. The number of nitrogens with zero attached hydrogens (tertiary/aromatic N) is 1. The standard InChI is InChI=1S/C17H20F3NO3/c1-11(8-12-4-2-6-14(9-12)17(18,19)20)15(22)21-7-3-5-13(10-21)16(23)24/h2,4,6,9,11,13H,3,5,7-8,10H2,1H3,(H,23,24)/t11-,13-/m1/s1. The van der Waals surface area contributed by atoms with E-state index in [9.17, 15) is 22.8 Å². The van der Waals surface area contributed by atoms with Crippen molar-refractivity contribution in [1.82, 2.24) is 4.90 Å². The van der Waals surface area contributed by atoms with E-state index in [0.29, 0.717) is 24.9 Å². The molecule has 1 heterocycles. The van der Waals surface area contributed by atoms with Crippen LogP contribution in [0.5, 0.6) is 0 Å². The number of hydrogen-bond acceptors (Lipinski definition) is 2. The summed E-state index contributed by atoms with van der Waals surface area (Å²) in [5, 5.41) is 9.07. The van der Waals surface area contributed by atoms with E-state index in [1.54, 1.807) is 13.0 Å². The minimum Gasteiger partial charge on any atom is -0.481 e. The summed E-state index contributed by atoms with van der Waals surface area (Å²) in [4.78, 5) is 25.0. The minimum absolute atomic E-state index is 0.168. The van der Waals surface area contributed by atoms with Gasteiger partial charge in [-0.1, -0.05) is 25.1 Å². The van der Waals surface area contributed by atoms with Crippen molar-refractivity contribution in [2.75, 3.05) is 13.1 Å². The molecular formula is C17H20F3NO3. The van der Waals surface area contributed by atoms with Crippen molar-refractivity contribution in [3.05, 3.63) is 35.4 Å². The summed E-state index contributed by atoms with van der Waals surface area (Å²) < 4.78 is 38.2. The molecule has 1 N–H and O–H groups in total. The Morgan fingerprint density at radius 1 is 1.38 bits per heavy atom. The fourth-order valence-corrected chi connectivity index (χ4v) is 3.01. The van der Waals surface area contributed by atoms with Crippen molar-refractivity contribution in [2.24, 2.45) is 11.8 Å². The summed E-state index contributed by atoms with van der Waals surface area (Å²) in [5.74, 6) is -2.19. The number of alkyl halides is 3. The molecule has 2 rings (SSSR count). The van der Waals surface area contributed by atoms with Crippen LogP contribution < -0.4 is 0 Å². The molecule has 0 saturated carbocycles. The van der Waals surface area contributed by atoms with Gasteiger partial charge in [-0.05, 0) is 30.9 Å². The highest BCUT2D eigenvalue weighted by atomic mass is 19.4. The molecule has 1 fully saturated rings. The van der Waals surface area contributed by atoms with Crippen molar-refractivity contribution in [2.45, 2.75) is 32.4 Å². The van der Waals surface area contributed by atoms with Gasteiger partial charge in [-0.15, -0.1) is 0 Å². The molecule has 0 radical (unpaired) electrons. The van der Waals surface area contributed by atoms with Gasteiger partial charge in [0.2, 0.25) is 5.91 Å². The van der Waals surface area contributed by atoms with E-state index in [4.69, 9.17) is 5.11 Å². The highest BCUT2D eigenvalue weighted by Gasteiger charge is 2.32. The zero-order valence-corrected chi connectivity index (χ0v) is 13.3. The number of amides is 1. The highest BCUT2D eigenvalue weighted by Crippen LogP contribution is 2.30. The van der Waals surface area contributed by atoms with E-state index in [-0.39, 0.29) is 18.9 Å². The summed E-state index contributed by atoms with van der Waals surface area (Å²) in [7, 11) is 0. The van der Waals surface area contributed by atoms with Crippen molar-refractivity contribution in [1.29, 1.82) is 0 Å². The van der Waals surface area contributed by atoms with Gasteiger partial charge in [0, 0.05) is 19.0 Å². The highest BCUT2D eigenvalue weighted by molar-refractivity contribution is 5.80. The second kappa shape index (κ2) is 7.23. The molecule has 0 aromatic heterocycles. The molecule has 7 heteroatoms. The van der Waals surface area contributed by atoms with Gasteiger partial charge in [0.1, 0.15) is 0 Å². The number of hydrogen-bond donors (Lipinski definition) is 1. The maximum absolute atomic E-state index is 12.7. The average molecular weight is 343 g/mol. The van der Waals surface area contributed by atoms with E-state index in [1.807, 2.05) is 0 Å². The lowest BCUT2D eigenvalue weighted by Crippen LogP contribution is -2.44. The third kappa shape index (κ3) is 4.49. The van der Waals surface area contributed by atoms with Gasteiger partial charge < -0.3 is 10.0 Å². The van der Waals surface area contributed by atoms with Crippen LogP contribution in [0.2, 0.25) is 0 Å². The topological polar surface area (TPSA) is 57.6 Å². The first-order chi connectivity index (χ1) is 11.2. The van der Waals surface area contributed by atoms with Crippen molar-refractivity contribution >= 4 is 11.9 Å². The van der Waals surface area contributed by atoms with E-state index >= 15 is 0 Å². The number of benzene rings is 1. The molecule has 1 amide bonds. The van der Waals surface area contributed by atoms with Gasteiger partial charge in [0.15, 0.2) is 0 Å². The maximum Gasteiger partial charge on any atom is 0.416 e. The fourth-order valence-electron chi connectivity index (χ4n) is 3.01. The fraction of sp³-hybridized carbons (Fsp3) is 0.529. The van der Waals surface area contributed by atoms with Gasteiger partial charge in [-0.25, -0.2) is 0 Å². The van der Waals surface area contributed by atoms with Crippen LogP contribution in [0, 0.1) is 11.8 Å². The second-order valence-corrected chi connectivity index (χ2v) is 6.26. The Bertz CT molecular complexity index is 615. The lowest BCUT2D eigenvalue weighted by molar-refractivity contribution is -0.146. The Kier molecular flexibility index (Phi) is 5.51. The Hall–Kier alpha value is -2.05. The molecule has 1 saturated heterocycles. The first-order valence-electron chi connectivity index (χ1n) is 7.86. The summed E-state index contributed by atoms with van der Waals surface area (Å²) in [6, 6.07) is 4.95. The molecule has 1 aliphatic heterocycles. The summed E-state index contributed by atoms with van der Waals surface area (Å²) >= 11 is 0. The largest absolute Gasteiger partial charge is 0.481 e. The van der Waals surface area contributed by atoms with Crippen LogP contribution in [0.15, 0.2) is 24.3 Å². The van der Waals surface area contributed by atoms with Gasteiger partial charge in [0.25, 0.3) is 0 Å².